The number of urea groups is 1. The van der Waals surface area contributed by atoms with Crippen molar-refractivity contribution in [2.75, 3.05) is 13.1 Å². The minimum atomic E-state index is -0.756. The predicted octanol–water partition coefficient (Wildman–Crippen LogP) is 1.51. The lowest BCUT2D eigenvalue weighted by molar-refractivity contribution is -0.132. The molecule has 1 aromatic rings. The van der Waals surface area contributed by atoms with Crippen molar-refractivity contribution in [3.8, 4) is 0 Å². The van der Waals surface area contributed by atoms with Crippen LogP contribution in [0.25, 0.3) is 0 Å². The second-order valence-corrected chi connectivity index (χ2v) is 5.75. The van der Waals surface area contributed by atoms with Crippen LogP contribution in [0.3, 0.4) is 0 Å². The van der Waals surface area contributed by atoms with Crippen LogP contribution in [0.4, 0.5) is 4.79 Å². The van der Waals surface area contributed by atoms with Crippen molar-refractivity contribution >= 4 is 23.5 Å². The van der Waals surface area contributed by atoms with Crippen molar-refractivity contribution < 1.29 is 9.59 Å². The van der Waals surface area contributed by atoms with Gasteiger partial charge in [-0.3, -0.25) is 9.69 Å². The average Bonchev–Trinajstić information content (AvgIpc) is 2.64. The third kappa shape index (κ3) is 2.27. The first-order valence-electron chi connectivity index (χ1n) is 6.70. The summed E-state index contributed by atoms with van der Waals surface area (Å²) >= 11 is 5.93. The van der Waals surface area contributed by atoms with Crippen LogP contribution >= 0.6 is 11.6 Å². The van der Waals surface area contributed by atoms with Gasteiger partial charge in [0, 0.05) is 11.6 Å². The fourth-order valence-corrected chi connectivity index (χ4v) is 3.05. The van der Waals surface area contributed by atoms with Crippen molar-refractivity contribution in [1.82, 2.24) is 15.5 Å². The van der Waals surface area contributed by atoms with Gasteiger partial charge in [0.2, 0.25) is 0 Å². The van der Waals surface area contributed by atoms with E-state index in [-0.39, 0.29) is 18.5 Å². The fraction of sp³-hybridized carbons (Fsp3) is 0.429. The molecule has 1 spiro atoms. The van der Waals surface area contributed by atoms with Gasteiger partial charge in [-0.2, -0.15) is 0 Å². The molecule has 2 fully saturated rings. The Morgan fingerprint density at radius 1 is 1.35 bits per heavy atom. The molecule has 5 nitrogen and oxygen atoms in total. The Kier molecular flexibility index (Phi) is 3.40. The number of piperidine rings is 1. The number of nitrogens with one attached hydrogen (secondary N) is 2. The first-order valence-corrected chi connectivity index (χ1v) is 7.08. The van der Waals surface area contributed by atoms with Gasteiger partial charge in [-0.1, -0.05) is 23.7 Å². The van der Waals surface area contributed by atoms with E-state index in [1.165, 1.54) is 4.90 Å². The number of carbonyl (C=O) groups is 2. The second kappa shape index (κ2) is 5.07. The van der Waals surface area contributed by atoms with Crippen LogP contribution in [0.5, 0.6) is 0 Å². The molecule has 0 radical (unpaired) electrons. The molecule has 1 unspecified atom stereocenters. The summed E-state index contributed by atoms with van der Waals surface area (Å²) < 4.78 is 0. The first-order chi connectivity index (χ1) is 9.61. The number of halogens is 1. The smallest absolute Gasteiger partial charge is 0.322 e. The summed E-state index contributed by atoms with van der Waals surface area (Å²) in [7, 11) is 0. The Hall–Kier alpha value is -1.59. The third-order valence-electron chi connectivity index (χ3n) is 3.86. The quantitative estimate of drug-likeness (QED) is 0.813. The van der Waals surface area contributed by atoms with E-state index in [4.69, 9.17) is 11.6 Å². The first kappa shape index (κ1) is 13.4. The van der Waals surface area contributed by atoms with Crippen molar-refractivity contribution in [3.05, 3.63) is 34.9 Å². The number of nitrogens with zero attached hydrogens (tertiary/aromatic N) is 1. The number of amides is 3. The Labute approximate surface area is 122 Å². The molecular formula is C14H16ClN3O2. The molecule has 0 aliphatic carbocycles. The molecule has 3 amide bonds. The van der Waals surface area contributed by atoms with E-state index < -0.39 is 5.54 Å². The topological polar surface area (TPSA) is 61.4 Å². The Bertz CT molecular complexity index is 555. The molecule has 2 N–H and O–H groups in total. The summed E-state index contributed by atoms with van der Waals surface area (Å²) in [6.45, 7) is 1.65. The van der Waals surface area contributed by atoms with Crippen LogP contribution in [0, 0.1) is 0 Å². The highest BCUT2D eigenvalue weighted by atomic mass is 35.5. The lowest BCUT2D eigenvalue weighted by atomic mass is 9.90. The van der Waals surface area contributed by atoms with Crippen LogP contribution in [0.15, 0.2) is 24.3 Å². The third-order valence-corrected chi connectivity index (χ3v) is 4.09. The number of hydrogen-bond donors (Lipinski definition) is 2. The van der Waals surface area contributed by atoms with E-state index in [1.54, 1.807) is 12.1 Å². The summed E-state index contributed by atoms with van der Waals surface area (Å²) in [5, 5.41) is 6.63. The SMILES string of the molecule is O=C1NC2(CCCNC2)C(=O)N1Cc1cccc(Cl)c1. The standard InChI is InChI=1S/C14H16ClN3O2/c15-11-4-1-3-10(7-11)8-18-12(19)14(17-13(18)20)5-2-6-16-9-14/h1,3-4,7,16H,2,5-6,8-9H2,(H,17,20). The highest BCUT2D eigenvalue weighted by Crippen LogP contribution is 2.26. The van der Waals surface area contributed by atoms with E-state index in [1.807, 2.05) is 12.1 Å². The molecule has 0 saturated carbocycles. The van der Waals surface area contributed by atoms with Gasteiger partial charge in [0.05, 0.1) is 6.54 Å². The van der Waals surface area contributed by atoms with Crippen LogP contribution in [0.1, 0.15) is 18.4 Å². The number of benzene rings is 1. The molecule has 1 aromatic carbocycles. The highest BCUT2D eigenvalue weighted by molar-refractivity contribution is 6.30. The normalized spacial score (nSPS) is 26.1. The Morgan fingerprint density at radius 3 is 2.90 bits per heavy atom. The molecule has 2 heterocycles. The Morgan fingerprint density at radius 2 is 2.20 bits per heavy atom. The number of carbonyl (C=O) groups excluding carboxylic acids is 2. The summed E-state index contributed by atoms with van der Waals surface area (Å²) in [4.78, 5) is 25.9. The van der Waals surface area contributed by atoms with Crippen molar-refractivity contribution in [2.45, 2.75) is 24.9 Å². The van der Waals surface area contributed by atoms with E-state index >= 15 is 0 Å². The lowest BCUT2D eigenvalue weighted by Gasteiger charge is -2.31. The maximum Gasteiger partial charge on any atom is 0.325 e. The Balaban J connectivity index is 1.80. The zero-order chi connectivity index (χ0) is 14.2. The van der Waals surface area contributed by atoms with Gasteiger partial charge in [-0.05, 0) is 37.1 Å². The molecule has 106 valence electrons. The van der Waals surface area contributed by atoms with E-state index in [0.717, 1.165) is 18.5 Å². The number of rotatable bonds is 2. The minimum absolute atomic E-state index is 0.144. The van der Waals surface area contributed by atoms with Crippen molar-refractivity contribution in [3.63, 3.8) is 0 Å². The van der Waals surface area contributed by atoms with Gasteiger partial charge < -0.3 is 10.6 Å². The van der Waals surface area contributed by atoms with Crippen molar-refractivity contribution in [1.29, 1.82) is 0 Å². The van der Waals surface area contributed by atoms with Crippen LogP contribution in [-0.2, 0) is 11.3 Å². The summed E-state index contributed by atoms with van der Waals surface area (Å²) in [5.74, 6) is -0.144. The number of hydrogen-bond acceptors (Lipinski definition) is 3. The van der Waals surface area contributed by atoms with Crippen molar-refractivity contribution in [2.24, 2.45) is 0 Å². The molecule has 6 heteroatoms. The molecule has 1 atom stereocenters. The van der Waals surface area contributed by atoms with Crippen LogP contribution < -0.4 is 10.6 Å². The summed E-state index contributed by atoms with van der Waals surface area (Å²) in [6, 6.07) is 6.89. The molecule has 3 rings (SSSR count). The van der Waals surface area contributed by atoms with Gasteiger partial charge in [-0.25, -0.2) is 4.79 Å². The summed E-state index contributed by atoms with van der Waals surface area (Å²) in [6.07, 6.45) is 1.58. The molecule has 0 bridgehead atoms. The maximum absolute atomic E-state index is 12.6. The zero-order valence-electron chi connectivity index (χ0n) is 11.0. The van der Waals surface area contributed by atoms with Gasteiger partial charge >= 0.3 is 6.03 Å². The zero-order valence-corrected chi connectivity index (χ0v) is 11.7. The monoisotopic (exact) mass is 293 g/mol. The van der Waals surface area contributed by atoms with Crippen LogP contribution in [0.2, 0.25) is 5.02 Å². The molecule has 2 aliphatic rings. The maximum atomic E-state index is 12.6. The average molecular weight is 294 g/mol. The largest absolute Gasteiger partial charge is 0.325 e. The van der Waals surface area contributed by atoms with Crippen LogP contribution in [-0.4, -0.2) is 35.5 Å². The van der Waals surface area contributed by atoms with E-state index in [0.29, 0.717) is 18.0 Å². The molecule has 0 aromatic heterocycles. The second-order valence-electron chi connectivity index (χ2n) is 5.31. The minimum Gasteiger partial charge on any atom is -0.322 e. The molecule has 20 heavy (non-hydrogen) atoms. The summed E-state index contributed by atoms with van der Waals surface area (Å²) in [5.41, 5.74) is 0.0929. The van der Waals surface area contributed by atoms with E-state index in [2.05, 4.69) is 10.6 Å². The fourth-order valence-electron chi connectivity index (χ4n) is 2.83. The predicted molar refractivity (Wildman–Crippen MR) is 75.4 cm³/mol. The van der Waals surface area contributed by atoms with Gasteiger partial charge in [0.15, 0.2) is 0 Å². The highest BCUT2D eigenvalue weighted by Gasteiger charge is 2.51. The number of imide groups is 1. The van der Waals surface area contributed by atoms with Gasteiger partial charge in [0.1, 0.15) is 5.54 Å². The van der Waals surface area contributed by atoms with Gasteiger partial charge in [-0.15, -0.1) is 0 Å². The molecule has 2 aliphatic heterocycles. The molecule has 2 saturated heterocycles. The van der Waals surface area contributed by atoms with E-state index in [9.17, 15) is 9.59 Å². The lowest BCUT2D eigenvalue weighted by Crippen LogP contribution is -2.57. The van der Waals surface area contributed by atoms with Gasteiger partial charge in [0.25, 0.3) is 5.91 Å². The molecular weight excluding hydrogens is 278 g/mol.